The molecule has 0 saturated carbocycles. The lowest BCUT2D eigenvalue weighted by atomic mass is 10.1. The minimum Gasteiger partial charge on any atom is -0.336 e. The number of piperidine rings is 1. The number of halogens is 1. The summed E-state index contributed by atoms with van der Waals surface area (Å²) < 4.78 is 15.4. The Hall–Kier alpha value is -2.46. The van der Waals surface area contributed by atoms with Crippen molar-refractivity contribution >= 4 is 23.7 Å². The van der Waals surface area contributed by atoms with Crippen molar-refractivity contribution in [1.82, 2.24) is 29.9 Å². The van der Waals surface area contributed by atoms with Gasteiger partial charge in [-0.25, -0.2) is 9.18 Å². The van der Waals surface area contributed by atoms with Crippen LogP contribution in [0.25, 0.3) is 5.69 Å². The predicted molar refractivity (Wildman–Crippen MR) is 111 cm³/mol. The topological polar surface area (TPSA) is 83.4 Å². The van der Waals surface area contributed by atoms with Gasteiger partial charge in [-0.1, -0.05) is 18.2 Å². The van der Waals surface area contributed by atoms with E-state index in [0.29, 0.717) is 18.2 Å². The van der Waals surface area contributed by atoms with Gasteiger partial charge in [0.1, 0.15) is 5.82 Å². The number of imide groups is 1. The molecule has 2 aliphatic heterocycles. The molecular weight excluding hydrogens is 407 g/mol. The zero-order valence-electron chi connectivity index (χ0n) is 16.9. The molecule has 1 N–H and O–H groups in total. The van der Waals surface area contributed by atoms with Crippen LogP contribution in [0, 0.1) is 5.82 Å². The zero-order chi connectivity index (χ0) is 21.1. The van der Waals surface area contributed by atoms with Crippen LogP contribution >= 0.6 is 11.8 Å². The summed E-state index contributed by atoms with van der Waals surface area (Å²) in [6, 6.07) is 5.85. The Morgan fingerprint density at radius 3 is 2.57 bits per heavy atom. The van der Waals surface area contributed by atoms with E-state index in [0.717, 1.165) is 37.4 Å². The smallest absolute Gasteiger partial charge is 0.324 e. The molecule has 2 aliphatic rings. The van der Waals surface area contributed by atoms with Crippen LogP contribution in [0.1, 0.15) is 38.1 Å². The van der Waals surface area contributed by atoms with Crippen LogP contribution in [-0.2, 0) is 4.79 Å². The molecule has 2 saturated heterocycles. The highest BCUT2D eigenvalue weighted by Crippen LogP contribution is 2.29. The summed E-state index contributed by atoms with van der Waals surface area (Å²) in [5.74, 6) is 0.249. The lowest BCUT2D eigenvalue weighted by molar-refractivity contribution is -0.124. The van der Waals surface area contributed by atoms with Crippen molar-refractivity contribution in [3.05, 3.63) is 35.9 Å². The third kappa shape index (κ3) is 4.34. The maximum atomic E-state index is 13.5. The van der Waals surface area contributed by atoms with Gasteiger partial charge < -0.3 is 5.32 Å². The van der Waals surface area contributed by atoms with Gasteiger partial charge in [0.2, 0.25) is 5.91 Å². The number of carbonyl (C=O) groups is 2. The Bertz CT molecular complexity index is 913. The zero-order valence-corrected chi connectivity index (χ0v) is 17.7. The van der Waals surface area contributed by atoms with Crippen molar-refractivity contribution in [2.75, 3.05) is 31.9 Å². The average Bonchev–Trinajstić information content (AvgIpc) is 3.39. The van der Waals surface area contributed by atoms with E-state index in [-0.39, 0.29) is 29.6 Å². The van der Waals surface area contributed by atoms with Crippen molar-refractivity contribution in [3.8, 4) is 5.69 Å². The number of nitrogens with zero attached hydrogens (tertiary/aromatic N) is 5. The second-order valence-corrected chi connectivity index (χ2v) is 8.43. The third-order valence-corrected chi connectivity index (χ3v) is 6.45. The summed E-state index contributed by atoms with van der Waals surface area (Å²) in [6.07, 6.45) is 3.55. The second-order valence-electron chi connectivity index (χ2n) is 7.49. The highest BCUT2D eigenvalue weighted by Gasteiger charge is 2.28. The maximum Gasteiger partial charge on any atom is 0.324 e. The van der Waals surface area contributed by atoms with Gasteiger partial charge in [0, 0.05) is 18.8 Å². The first kappa shape index (κ1) is 20.8. The van der Waals surface area contributed by atoms with Crippen molar-refractivity contribution in [3.63, 3.8) is 0 Å². The van der Waals surface area contributed by atoms with Gasteiger partial charge in [0.25, 0.3) is 0 Å². The molecule has 2 fully saturated rings. The standard InChI is InChI=1S/C20H25FN6O2S/c1-14(25-10-3-2-4-11-25)18-23-24-20(27(18)16-7-5-15(21)6-8-16)30-13-17(28)26-12-9-22-19(26)29/h5-8,14H,2-4,9-13H2,1H3,(H,22,29)/t14-/m0/s1. The molecule has 3 amide bonds. The average molecular weight is 433 g/mol. The number of amides is 3. The normalized spacial score (nSPS) is 18.5. The molecular formula is C20H25FN6O2S. The molecule has 0 aliphatic carbocycles. The van der Waals surface area contributed by atoms with Crippen LogP contribution in [0.5, 0.6) is 0 Å². The molecule has 30 heavy (non-hydrogen) atoms. The minimum atomic E-state index is -0.361. The first-order valence-corrected chi connectivity index (χ1v) is 11.2. The lowest BCUT2D eigenvalue weighted by Gasteiger charge is -2.31. The molecule has 3 heterocycles. The van der Waals surface area contributed by atoms with Crippen LogP contribution in [-0.4, -0.2) is 68.4 Å². The Balaban J connectivity index is 1.59. The number of benzene rings is 1. The predicted octanol–water partition coefficient (Wildman–Crippen LogP) is 2.60. The van der Waals surface area contributed by atoms with E-state index in [1.54, 1.807) is 12.1 Å². The van der Waals surface area contributed by atoms with Gasteiger partial charge in [0.15, 0.2) is 11.0 Å². The summed E-state index contributed by atoms with van der Waals surface area (Å²) in [7, 11) is 0. The summed E-state index contributed by atoms with van der Waals surface area (Å²) >= 11 is 1.23. The van der Waals surface area contributed by atoms with Gasteiger partial charge in [-0.2, -0.15) is 0 Å². The summed E-state index contributed by atoms with van der Waals surface area (Å²) in [6.45, 7) is 4.95. The largest absolute Gasteiger partial charge is 0.336 e. The number of rotatable bonds is 6. The Morgan fingerprint density at radius 1 is 1.17 bits per heavy atom. The molecule has 160 valence electrons. The minimum absolute atomic E-state index is 0.0391. The number of urea groups is 1. The molecule has 0 bridgehead atoms. The fourth-order valence-corrected chi connectivity index (χ4v) is 4.70. The number of hydrogen-bond donors (Lipinski definition) is 1. The first-order valence-electron chi connectivity index (χ1n) is 10.2. The van der Waals surface area contributed by atoms with Crippen LogP contribution in [0.2, 0.25) is 0 Å². The van der Waals surface area contributed by atoms with Crippen molar-refractivity contribution in [2.24, 2.45) is 0 Å². The monoisotopic (exact) mass is 432 g/mol. The fraction of sp³-hybridized carbons (Fsp3) is 0.500. The molecule has 1 aromatic carbocycles. The molecule has 1 aromatic heterocycles. The highest BCUT2D eigenvalue weighted by molar-refractivity contribution is 7.99. The molecule has 0 unspecified atom stereocenters. The molecule has 4 rings (SSSR count). The van der Waals surface area contributed by atoms with Gasteiger partial charge in [-0.3, -0.25) is 19.2 Å². The molecule has 2 aromatic rings. The lowest BCUT2D eigenvalue weighted by Crippen LogP contribution is -2.35. The quantitative estimate of drug-likeness (QED) is 0.707. The SMILES string of the molecule is C[C@@H](c1nnc(SCC(=O)N2CCNC2=O)n1-c1ccc(F)cc1)N1CCCCC1. The van der Waals surface area contributed by atoms with E-state index >= 15 is 0 Å². The summed E-state index contributed by atoms with van der Waals surface area (Å²) in [5, 5.41) is 11.9. The first-order chi connectivity index (χ1) is 14.5. The highest BCUT2D eigenvalue weighted by atomic mass is 32.2. The van der Waals surface area contributed by atoms with Crippen LogP contribution in [0.3, 0.4) is 0 Å². The summed E-state index contributed by atoms with van der Waals surface area (Å²) in [4.78, 5) is 27.8. The number of likely N-dealkylation sites (tertiary alicyclic amines) is 1. The maximum absolute atomic E-state index is 13.5. The number of nitrogens with one attached hydrogen (secondary N) is 1. The molecule has 8 nitrogen and oxygen atoms in total. The van der Waals surface area contributed by atoms with E-state index in [4.69, 9.17) is 0 Å². The third-order valence-electron chi connectivity index (χ3n) is 5.54. The van der Waals surface area contributed by atoms with Crippen LogP contribution < -0.4 is 5.32 Å². The van der Waals surface area contributed by atoms with Crippen LogP contribution in [0.15, 0.2) is 29.4 Å². The van der Waals surface area contributed by atoms with Crippen LogP contribution in [0.4, 0.5) is 9.18 Å². The fourth-order valence-electron chi connectivity index (χ4n) is 3.86. The number of carbonyl (C=O) groups excluding carboxylic acids is 2. The molecule has 1 atom stereocenters. The van der Waals surface area contributed by atoms with E-state index in [2.05, 4.69) is 27.3 Å². The second kappa shape index (κ2) is 9.13. The van der Waals surface area contributed by atoms with Gasteiger partial charge in [-0.05, 0) is 57.1 Å². The number of aromatic nitrogens is 3. The van der Waals surface area contributed by atoms with Gasteiger partial charge in [0.05, 0.1) is 11.8 Å². The Morgan fingerprint density at radius 2 is 1.90 bits per heavy atom. The van der Waals surface area contributed by atoms with E-state index in [1.165, 1.54) is 35.2 Å². The van der Waals surface area contributed by atoms with E-state index in [9.17, 15) is 14.0 Å². The molecule has 0 spiro atoms. The van der Waals surface area contributed by atoms with Gasteiger partial charge in [-0.15, -0.1) is 10.2 Å². The van der Waals surface area contributed by atoms with Crippen molar-refractivity contribution in [2.45, 2.75) is 37.4 Å². The molecule has 10 heteroatoms. The Kier molecular flexibility index (Phi) is 6.33. The summed E-state index contributed by atoms with van der Waals surface area (Å²) in [5.41, 5.74) is 0.745. The Labute approximate surface area is 178 Å². The van der Waals surface area contributed by atoms with Crippen molar-refractivity contribution in [1.29, 1.82) is 0 Å². The van der Waals surface area contributed by atoms with Crippen molar-refractivity contribution < 1.29 is 14.0 Å². The number of thioether (sulfide) groups is 1. The molecule has 0 radical (unpaired) electrons. The van der Waals surface area contributed by atoms with E-state index in [1.807, 2.05) is 4.57 Å². The van der Waals surface area contributed by atoms with Gasteiger partial charge >= 0.3 is 6.03 Å². The van der Waals surface area contributed by atoms with E-state index < -0.39 is 0 Å². The number of hydrogen-bond acceptors (Lipinski definition) is 6.